The Hall–Kier alpha value is -2.54. The minimum Gasteiger partial charge on any atom is -0.450 e. The molecule has 1 aliphatic rings. The molecule has 2 N–H and O–H groups in total. The molecule has 4 nitrogen and oxygen atoms in total. The number of aryl methyl sites for hydroxylation is 2. The lowest BCUT2D eigenvalue weighted by Gasteiger charge is -2.27. The number of ether oxygens (including phenoxy) is 1. The van der Waals surface area contributed by atoms with Crippen molar-refractivity contribution in [1.29, 1.82) is 0 Å². The van der Waals surface area contributed by atoms with Crippen molar-refractivity contribution in [3.8, 4) is 0 Å². The number of fused-ring (bicyclic) bond motifs is 1. The van der Waals surface area contributed by atoms with Crippen LogP contribution in [-0.4, -0.2) is 19.2 Å². The smallest absolute Gasteiger partial charge is 0.416 e. The molecule has 2 aromatic rings. The zero-order valence-corrected chi connectivity index (χ0v) is 16.2. The van der Waals surface area contributed by atoms with E-state index in [2.05, 4.69) is 5.32 Å². The first kappa shape index (κ1) is 20.2. The second-order valence-electron chi connectivity index (χ2n) is 7.09. The summed E-state index contributed by atoms with van der Waals surface area (Å²) in [5.41, 5.74) is 4.77. The van der Waals surface area contributed by atoms with Crippen LogP contribution in [0.2, 0.25) is 0 Å². The van der Waals surface area contributed by atoms with Crippen molar-refractivity contribution in [2.24, 2.45) is 0 Å². The molecule has 1 unspecified atom stereocenters. The molecule has 0 fully saturated rings. The Balaban J connectivity index is 1.81. The van der Waals surface area contributed by atoms with Crippen LogP contribution in [0, 0.1) is 13.8 Å². The second kappa shape index (κ2) is 7.83. The summed E-state index contributed by atoms with van der Waals surface area (Å²) in [5, 5.41) is 2.77. The van der Waals surface area contributed by atoms with Crippen molar-refractivity contribution in [1.82, 2.24) is 0 Å². The fraction of sp³-hybridized carbons (Fsp3) is 0.381. The highest BCUT2D eigenvalue weighted by Gasteiger charge is 2.32. The zero-order valence-electron chi connectivity index (χ0n) is 16.2. The van der Waals surface area contributed by atoms with Gasteiger partial charge in [-0.2, -0.15) is 13.2 Å². The van der Waals surface area contributed by atoms with Gasteiger partial charge in [-0.1, -0.05) is 6.07 Å². The number of quaternary nitrogens is 1. The van der Waals surface area contributed by atoms with Crippen molar-refractivity contribution in [3.05, 3.63) is 58.1 Å². The Labute approximate surface area is 162 Å². The summed E-state index contributed by atoms with van der Waals surface area (Å²) in [7, 11) is 0. The zero-order chi connectivity index (χ0) is 20.5. The molecule has 1 amide bonds. The van der Waals surface area contributed by atoms with E-state index in [0.717, 1.165) is 46.2 Å². The fourth-order valence-corrected chi connectivity index (χ4v) is 3.69. The van der Waals surface area contributed by atoms with Crippen molar-refractivity contribution in [2.75, 3.05) is 18.5 Å². The number of rotatable bonds is 3. The highest BCUT2D eigenvalue weighted by atomic mass is 19.4. The molecular formula is C21H24F3N2O2+. The summed E-state index contributed by atoms with van der Waals surface area (Å²) >= 11 is 0. The van der Waals surface area contributed by atoms with Gasteiger partial charge >= 0.3 is 12.3 Å². The van der Waals surface area contributed by atoms with Crippen LogP contribution in [0.4, 0.5) is 29.3 Å². The topological polar surface area (TPSA) is 42.8 Å². The highest BCUT2D eigenvalue weighted by molar-refractivity contribution is 5.87. The summed E-state index contributed by atoms with van der Waals surface area (Å²) in [4.78, 5) is 12.9. The van der Waals surface area contributed by atoms with E-state index < -0.39 is 17.8 Å². The first-order valence-electron chi connectivity index (χ1n) is 9.28. The van der Waals surface area contributed by atoms with Crippen molar-refractivity contribution in [2.45, 2.75) is 39.9 Å². The molecule has 0 aliphatic carbocycles. The monoisotopic (exact) mass is 393 g/mol. The second-order valence-corrected chi connectivity index (χ2v) is 7.09. The third-order valence-corrected chi connectivity index (χ3v) is 5.08. The molecule has 7 heteroatoms. The molecule has 1 aliphatic heterocycles. The fourth-order valence-electron chi connectivity index (χ4n) is 3.69. The standard InChI is InChI=1S/C21H23F3N2O2/c1-4-28-20(27)25-19-13(2)9-18(10-14(19)3)26-8-7-15-11-17(21(22,23)24)6-5-16(15)12-26/h5-6,9-11H,4,7-8,12H2,1-3H3,(H,25,27)/p+1. The van der Waals surface area contributed by atoms with Crippen molar-refractivity contribution in [3.63, 3.8) is 0 Å². The average Bonchev–Trinajstić information content (AvgIpc) is 2.63. The number of carbonyl (C=O) groups is 1. The first-order valence-corrected chi connectivity index (χ1v) is 9.28. The average molecular weight is 393 g/mol. The van der Waals surface area contributed by atoms with E-state index in [-0.39, 0.29) is 0 Å². The molecule has 0 aromatic heterocycles. The van der Waals surface area contributed by atoms with Crippen molar-refractivity contribution >= 4 is 17.5 Å². The number of nitrogens with one attached hydrogen (secondary N) is 2. The number of anilines is 1. The molecule has 28 heavy (non-hydrogen) atoms. The number of halogens is 3. The molecule has 150 valence electrons. The Kier molecular flexibility index (Phi) is 5.65. The molecule has 0 saturated carbocycles. The summed E-state index contributed by atoms with van der Waals surface area (Å²) in [6.07, 6.45) is -4.20. The largest absolute Gasteiger partial charge is 0.450 e. The third-order valence-electron chi connectivity index (χ3n) is 5.08. The molecule has 0 radical (unpaired) electrons. The van der Waals surface area contributed by atoms with Gasteiger partial charge in [-0.05, 0) is 49.6 Å². The van der Waals surface area contributed by atoms with E-state index in [1.807, 2.05) is 26.0 Å². The SMILES string of the molecule is CCOC(=O)Nc1c(C)cc([NH+]2CCc3cc(C(F)(F)F)ccc3C2)cc1C. The van der Waals surface area contributed by atoms with Crippen LogP contribution in [0.15, 0.2) is 30.3 Å². The minimum absolute atomic E-state index is 0.301. The Morgan fingerprint density at radius 1 is 1.14 bits per heavy atom. The van der Waals surface area contributed by atoms with Gasteiger partial charge in [0.1, 0.15) is 12.2 Å². The summed E-state index contributed by atoms with van der Waals surface area (Å²) < 4.78 is 43.7. The molecule has 2 aromatic carbocycles. The Morgan fingerprint density at radius 2 is 1.82 bits per heavy atom. The number of amides is 1. The highest BCUT2D eigenvalue weighted by Crippen LogP contribution is 2.31. The number of hydrogen-bond acceptors (Lipinski definition) is 2. The summed E-state index contributed by atoms with van der Waals surface area (Å²) in [6.45, 7) is 7.25. The van der Waals surface area contributed by atoms with E-state index in [0.29, 0.717) is 19.6 Å². The lowest BCUT2D eigenvalue weighted by atomic mass is 9.96. The van der Waals surface area contributed by atoms with E-state index in [1.165, 1.54) is 11.0 Å². The van der Waals surface area contributed by atoms with Gasteiger partial charge in [0.25, 0.3) is 0 Å². The van der Waals surface area contributed by atoms with Gasteiger partial charge in [0.05, 0.1) is 24.4 Å². The van der Waals surface area contributed by atoms with Gasteiger partial charge in [-0.3, -0.25) is 10.2 Å². The van der Waals surface area contributed by atoms with Gasteiger partial charge in [0, 0.05) is 24.1 Å². The predicted molar refractivity (Wildman–Crippen MR) is 101 cm³/mol. The molecule has 1 heterocycles. The lowest BCUT2D eigenvalue weighted by Crippen LogP contribution is -3.07. The quantitative estimate of drug-likeness (QED) is 0.822. The van der Waals surface area contributed by atoms with Crippen LogP contribution >= 0.6 is 0 Å². The summed E-state index contributed by atoms with van der Waals surface area (Å²) in [5.74, 6) is 0. The molecule has 0 saturated heterocycles. The third kappa shape index (κ3) is 4.30. The minimum atomic E-state index is -4.31. The van der Waals surface area contributed by atoms with Crippen LogP contribution in [-0.2, 0) is 23.9 Å². The van der Waals surface area contributed by atoms with Gasteiger partial charge in [0.2, 0.25) is 0 Å². The molecule has 3 rings (SSSR count). The number of carbonyl (C=O) groups excluding carboxylic acids is 1. The molecule has 0 bridgehead atoms. The first-order chi connectivity index (χ1) is 13.2. The van der Waals surface area contributed by atoms with Gasteiger partial charge in [-0.25, -0.2) is 4.79 Å². The predicted octanol–water partition coefficient (Wildman–Crippen LogP) is 4.16. The molecule has 1 atom stereocenters. The normalized spacial score (nSPS) is 16.4. The number of benzene rings is 2. The van der Waals surface area contributed by atoms with Crippen LogP contribution in [0.1, 0.15) is 34.7 Å². The van der Waals surface area contributed by atoms with E-state index in [4.69, 9.17) is 4.74 Å². The maximum Gasteiger partial charge on any atom is 0.416 e. The number of alkyl halides is 3. The van der Waals surface area contributed by atoms with E-state index in [9.17, 15) is 18.0 Å². The van der Waals surface area contributed by atoms with Gasteiger partial charge < -0.3 is 4.74 Å². The van der Waals surface area contributed by atoms with Crippen molar-refractivity contribution < 1.29 is 27.6 Å². The van der Waals surface area contributed by atoms with Crippen LogP contribution < -0.4 is 10.2 Å². The molecule has 0 spiro atoms. The van der Waals surface area contributed by atoms with E-state index in [1.54, 1.807) is 13.0 Å². The van der Waals surface area contributed by atoms with Crippen LogP contribution in [0.3, 0.4) is 0 Å². The lowest BCUT2D eigenvalue weighted by molar-refractivity contribution is -0.849. The van der Waals surface area contributed by atoms with Gasteiger partial charge in [0.15, 0.2) is 0 Å². The summed E-state index contributed by atoms with van der Waals surface area (Å²) in [6, 6.07) is 8.05. The maximum atomic E-state index is 12.9. The Bertz CT molecular complexity index is 871. The molecular weight excluding hydrogens is 369 g/mol. The van der Waals surface area contributed by atoms with Crippen LogP contribution in [0.5, 0.6) is 0 Å². The van der Waals surface area contributed by atoms with Crippen LogP contribution in [0.25, 0.3) is 0 Å². The van der Waals surface area contributed by atoms with E-state index >= 15 is 0 Å². The maximum absolute atomic E-state index is 12.9. The Morgan fingerprint density at radius 3 is 2.43 bits per heavy atom. The number of hydrogen-bond donors (Lipinski definition) is 2. The van der Waals surface area contributed by atoms with Gasteiger partial charge in [-0.15, -0.1) is 0 Å².